The molecule has 3 aromatic rings. The van der Waals surface area contributed by atoms with E-state index in [0.29, 0.717) is 59.0 Å². The number of nitrogens with two attached hydrogens (primary N) is 2. The van der Waals surface area contributed by atoms with Crippen molar-refractivity contribution in [2.45, 2.75) is 58.0 Å². The number of anilines is 1. The minimum Gasteiger partial charge on any atom is -0.368 e. The zero-order valence-corrected chi connectivity index (χ0v) is 26.8. The standard InChI is InChI=1S/C32H40F6N8O/c1-5-45(17-20-8-6-7-9-20)28-24(14-22-10-11-23(15-27(22)41-28)29(47)43(2)3)19-46(30(39)42-44(4)40)18-21-12-25(31(33,34)35)16-26(13-21)32(36,37)38/h10-16,20H,5-9,17-19,40H2,1-4H3,(H2,39,42). The Labute approximate surface area is 269 Å². The number of aromatic nitrogens is 1. The number of hydrogen-bond acceptors (Lipinski definition) is 6. The first kappa shape index (κ1) is 35.6. The summed E-state index contributed by atoms with van der Waals surface area (Å²) >= 11 is 0. The van der Waals surface area contributed by atoms with Crippen LogP contribution < -0.4 is 16.5 Å². The van der Waals surface area contributed by atoms with Gasteiger partial charge < -0.3 is 20.4 Å². The maximum atomic E-state index is 13.7. The number of hydrazone groups is 1. The molecule has 256 valence electrons. The van der Waals surface area contributed by atoms with Crippen LogP contribution in [0.15, 0.2) is 47.6 Å². The molecule has 0 bridgehead atoms. The molecule has 0 atom stereocenters. The first-order valence-electron chi connectivity index (χ1n) is 15.2. The number of alkyl halides is 6. The molecule has 0 saturated heterocycles. The van der Waals surface area contributed by atoms with Gasteiger partial charge in [-0.05, 0) is 67.6 Å². The van der Waals surface area contributed by atoms with Crippen molar-refractivity contribution >= 4 is 28.6 Å². The predicted octanol–water partition coefficient (Wildman–Crippen LogP) is 6.03. The quantitative estimate of drug-likeness (QED) is 0.0895. The van der Waals surface area contributed by atoms with Crippen LogP contribution in [0.5, 0.6) is 0 Å². The first-order valence-corrected chi connectivity index (χ1v) is 15.2. The van der Waals surface area contributed by atoms with E-state index in [9.17, 15) is 31.1 Å². The van der Waals surface area contributed by atoms with Gasteiger partial charge in [-0.25, -0.2) is 15.9 Å². The summed E-state index contributed by atoms with van der Waals surface area (Å²) in [7, 11) is 4.68. The topological polar surface area (TPSA) is 107 Å². The van der Waals surface area contributed by atoms with E-state index in [1.54, 1.807) is 32.3 Å². The number of nitrogens with zero attached hydrogens (tertiary/aromatic N) is 6. The molecule has 1 fully saturated rings. The van der Waals surface area contributed by atoms with Crippen LogP contribution in [0, 0.1) is 5.92 Å². The Morgan fingerprint density at radius 1 is 0.936 bits per heavy atom. The number of rotatable bonds is 10. The summed E-state index contributed by atoms with van der Waals surface area (Å²) in [5.41, 5.74) is 4.76. The number of pyridine rings is 1. The molecule has 4 rings (SSSR count). The molecule has 15 heteroatoms. The molecule has 0 aliphatic heterocycles. The molecule has 2 aromatic carbocycles. The number of halogens is 6. The minimum atomic E-state index is -5.01. The molecule has 0 radical (unpaired) electrons. The monoisotopic (exact) mass is 666 g/mol. The lowest BCUT2D eigenvalue weighted by Crippen LogP contribution is -2.40. The normalized spacial score (nSPS) is 14.5. The van der Waals surface area contributed by atoms with Crippen LogP contribution in [0.4, 0.5) is 32.2 Å². The van der Waals surface area contributed by atoms with Crippen LogP contribution in [-0.2, 0) is 25.4 Å². The van der Waals surface area contributed by atoms with Gasteiger partial charge in [-0.3, -0.25) is 4.79 Å². The fourth-order valence-corrected chi connectivity index (χ4v) is 5.83. The lowest BCUT2D eigenvalue weighted by Gasteiger charge is -2.31. The van der Waals surface area contributed by atoms with E-state index >= 15 is 0 Å². The van der Waals surface area contributed by atoms with Gasteiger partial charge in [0.1, 0.15) is 5.82 Å². The van der Waals surface area contributed by atoms with E-state index in [-0.39, 0.29) is 30.0 Å². The van der Waals surface area contributed by atoms with Gasteiger partial charge in [0.15, 0.2) is 0 Å². The maximum absolute atomic E-state index is 13.7. The second-order valence-corrected chi connectivity index (χ2v) is 12.1. The highest BCUT2D eigenvalue weighted by Gasteiger charge is 2.37. The van der Waals surface area contributed by atoms with Gasteiger partial charge in [-0.15, -0.1) is 5.10 Å². The number of hydrazine groups is 1. The number of carbonyl (C=O) groups excluding carboxylic acids is 1. The summed E-state index contributed by atoms with van der Waals surface area (Å²) < 4.78 is 82.1. The van der Waals surface area contributed by atoms with Gasteiger partial charge >= 0.3 is 12.4 Å². The molecule has 1 aliphatic carbocycles. The Bertz CT molecular complexity index is 1570. The van der Waals surface area contributed by atoms with Crippen LogP contribution in [0.2, 0.25) is 0 Å². The Kier molecular flexibility index (Phi) is 10.8. The highest BCUT2D eigenvalue weighted by atomic mass is 19.4. The molecule has 0 unspecified atom stereocenters. The second kappa shape index (κ2) is 14.2. The number of carbonyl (C=O) groups is 1. The first-order chi connectivity index (χ1) is 22.0. The highest BCUT2D eigenvalue weighted by molar-refractivity contribution is 5.98. The number of guanidine groups is 1. The molecule has 4 N–H and O–H groups in total. The van der Waals surface area contributed by atoms with Gasteiger partial charge in [-0.1, -0.05) is 18.9 Å². The van der Waals surface area contributed by atoms with E-state index < -0.39 is 30.0 Å². The van der Waals surface area contributed by atoms with Crippen LogP contribution >= 0.6 is 0 Å². The molecule has 0 spiro atoms. The maximum Gasteiger partial charge on any atom is 0.416 e. The largest absolute Gasteiger partial charge is 0.416 e. The fraction of sp³-hybridized carbons (Fsp3) is 0.469. The lowest BCUT2D eigenvalue weighted by molar-refractivity contribution is -0.143. The minimum absolute atomic E-state index is 0.0708. The van der Waals surface area contributed by atoms with Crippen molar-refractivity contribution in [2.75, 3.05) is 39.1 Å². The number of amides is 1. The van der Waals surface area contributed by atoms with E-state index in [4.69, 9.17) is 16.6 Å². The van der Waals surface area contributed by atoms with Gasteiger partial charge in [0.2, 0.25) is 5.96 Å². The molecular formula is C32H40F6N8O. The van der Waals surface area contributed by atoms with Gasteiger partial charge in [0.05, 0.1) is 16.6 Å². The Hall–Kier alpha value is -4.27. The van der Waals surface area contributed by atoms with Gasteiger partial charge in [-0.2, -0.15) is 26.3 Å². The molecular weight excluding hydrogens is 626 g/mol. The van der Waals surface area contributed by atoms with Crippen molar-refractivity contribution in [3.63, 3.8) is 0 Å². The molecule has 47 heavy (non-hydrogen) atoms. The van der Waals surface area contributed by atoms with Gasteiger partial charge in [0.25, 0.3) is 5.91 Å². The van der Waals surface area contributed by atoms with Crippen molar-refractivity contribution < 1.29 is 31.1 Å². The average Bonchev–Trinajstić information content (AvgIpc) is 3.50. The summed E-state index contributed by atoms with van der Waals surface area (Å²) in [5.74, 6) is 6.28. The van der Waals surface area contributed by atoms with Crippen molar-refractivity contribution in [3.05, 3.63) is 70.3 Å². The average molecular weight is 667 g/mol. The van der Waals surface area contributed by atoms with Crippen molar-refractivity contribution in [1.82, 2.24) is 19.9 Å². The van der Waals surface area contributed by atoms with Crippen molar-refractivity contribution in [3.8, 4) is 0 Å². The Morgan fingerprint density at radius 2 is 1.55 bits per heavy atom. The number of fused-ring (bicyclic) bond motifs is 1. The smallest absolute Gasteiger partial charge is 0.368 e. The molecule has 1 saturated carbocycles. The van der Waals surface area contributed by atoms with E-state index in [1.165, 1.54) is 16.8 Å². The Balaban J connectivity index is 1.85. The van der Waals surface area contributed by atoms with Crippen LogP contribution in [0.3, 0.4) is 0 Å². The summed E-state index contributed by atoms with van der Waals surface area (Å²) in [5, 5.41) is 5.59. The fourth-order valence-electron chi connectivity index (χ4n) is 5.83. The van der Waals surface area contributed by atoms with Crippen LogP contribution in [0.1, 0.15) is 65.2 Å². The third-order valence-electron chi connectivity index (χ3n) is 8.13. The van der Waals surface area contributed by atoms with Crippen molar-refractivity contribution in [2.24, 2.45) is 22.6 Å². The molecule has 1 aliphatic rings. The molecule has 1 heterocycles. The third-order valence-corrected chi connectivity index (χ3v) is 8.13. The number of hydrogen-bond donors (Lipinski definition) is 2. The molecule has 1 amide bonds. The summed E-state index contributed by atoms with van der Waals surface area (Å²) in [6.45, 7) is 2.75. The van der Waals surface area contributed by atoms with Crippen LogP contribution in [-0.4, -0.2) is 66.0 Å². The molecule has 9 nitrogen and oxygen atoms in total. The van der Waals surface area contributed by atoms with Crippen LogP contribution in [0.25, 0.3) is 10.9 Å². The summed E-state index contributed by atoms with van der Waals surface area (Å²) in [6, 6.07) is 8.39. The summed E-state index contributed by atoms with van der Waals surface area (Å²) in [6.07, 6.45) is -5.65. The van der Waals surface area contributed by atoms with Crippen molar-refractivity contribution in [1.29, 1.82) is 0 Å². The predicted molar refractivity (Wildman–Crippen MR) is 169 cm³/mol. The highest BCUT2D eigenvalue weighted by Crippen LogP contribution is 2.37. The SMILES string of the molecule is CCN(CC1CCCC1)c1nc2cc(C(=O)N(C)C)ccc2cc1CN(Cc1cc(C(F)(F)F)cc(C(F)(F)F)c1)/C(N)=N/N(C)N. The van der Waals surface area contributed by atoms with Gasteiger partial charge in [0, 0.05) is 63.8 Å². The van der Waals surface area contributed by atoms with E-state index in [0.717, 1.165) is 30.8 Å². The Morgan fingerprint density at radius 3 is 2.09 bits per heavy atom. The van der Waals surface area contributed by atoms with E-state index in [1.807, 2.05) is 13.0 Å². The van der Waals surface area contributed by atoms with E-state index in [2.05, 4.69) is 10.0 Å². The number of benzene rings is 2. The third kappa shape index (κ3) is 8.96. The lowest BCUT2D eigenvalue weighted by atomic mass is 10.0. The zero-order chi connectivity index (χ0) is 34.7. The summed E-state index contributed by atoms with van der Waals surface area (Å²) in [4.78, 5) is 22.6. The molecule has 1 aromatic heterocycles. The zero-order valence-electron chi connectivity index (χ0n) is 26.8. The second-order valence-electron chi connectivity index (χ2n) is 12.1.